The highest BCUT2D eigenvalue weighted by Gasteiger charge is 2.18. The van der Waals surface area contributed by atoms with Gasteiger partial charge in [0.2, 0.25) is 0 Å². The van der Waals surface area contributed by atoms with E-state index in [-0.39, 0.29) is 17.3 Å². The maximum Gasteiger partial charge on any atom is 0.307 e. The van der Waals surface area contributed by atoms with E-state index >= 15 is 0 Å². The molecule has 0 fully saturated rings. The van der Waals surface area contributed by atoms with E-state index < -0.39 is 11.8 Å². The van der Waals surface area contributed by atoms with Gasteiger partial charge in [0.15, 0.2) is 11.6 Å². The Bertz CT molecular complexity index is 655. The van der Waals surface area contributed by atoms with Crippen molar-refractivity contribution in [2.75, 3.05) is 0 Å². The van der Waals surface area contributed by atoms with Gasteiger partial charge < -0.3 is 5.11 Å². The standard InChI is InChI=1S/C12H11ClFN3O2/c1-6-9(4-11(18)19)7(2)17(16-6)12-10(14)3-8(13)5-15-12/h3,5H,4H2,1-2H3,(H,18,19). The lowest BCUT2D eigenvalue weighted by molar-refractivity contribution is -0.136. The summed E-state index contributed by atoms with van der Waals surface area (Å²) in [7, 11) is 0. The van der Waals surface area contributed by atoms with Crippen molar-refractivity contribution in [1.82, 2.24) is 14.8 Å². The Kier molecular flexibility index (Phi) is 3.53. The molecule has 0 aliphatic carbocycles. The number of carboxylic acids is 1. The monoisotopic (exact) mass is 283 g/mol. The molecule has 19 heavy (non-hydrogen) atoms. The second kappa shape index (κ2) is 4.97. The van der Waals surface area contributed by atoms with Crippen LogP contribution in [-0.2, 0) is 11.2 Å². The Balaban J connectivity index is 2.54. The van der Waals surface area contributed by atoms with Gasteiger partial charge in [0.25, 0.3) is 0 Å². The molecule has 5 nitrogen and oxygen atoms in total. The van der Waals surface area contributed by atoms with Gasteiger partial charge in [-0.3, -0.25) is 4.79 Å². The van der Waals surface area contributed by atoms with Crippen LogP contribution >= 0.6 is 11.6 Å². The van der Waals surface area contributed by atoms with Crippen LogP contribution in [-0.4, -0.2) is 25.8 Å². The van der Waals surface area contributed by atoms with Gasteiger partial charge in [-0.1, -0.05) is 11.6 Å². The van der Waals surface area contributed by atoms with Crippen molar-refractivity contribution < 1.29 is 14.3 Å². The average molecular weight is 284 g/mol. The van der Waals surface area contributed by atoms with Crippen molar-refractivity contribution in [3.05, 3.63) is 40.1 Å². The highest BCUT2D eigenvalue weighted by atomic mass is 35.5. The van der Waals surface area contributed by atoms with E-state index in [1.807, 2.05) is 0 Å². The number of halogens is 2. The topological polar surface area (TPSA) is 68.0 Å². The van der Waals surface area contributed by atoms with Crippen molar-refractivity contribution in [1.29, 1.82) is 0 Å². The van der Waals surface area contributed by atoms with Crippen LogP contribution < -0.4 is 0 Å². The van der Waals surface area contributed by atoms with Gasteiger partial charge in [0.05, 0.1) is 17.1 Å². The van der Waals surface area contributed by atoms with E-state index in [2.05, 4.69) is 10.1 Å². The van der Waals surface area contributed by atoms with E-state index in [4.69, 9.17) is 16.7 Å². The molecule has 2 rings (SSSR count). The van der Waals surface area contributed by atoms with Crippen LogP contribution in [0.25, 0.3) is 5.82 Å². The lowest BCUT2D eigenvalue weighted by Crippen LogP contribution is -2.06. The minimum Gasteiger partial charge on any atom is -0.481 e. The molecule has 0 saturated carbocycles. The molecule has 1 N–H and O–H groups in total. The number of aryl methyl sites for hydroxylation is 1. The molecule has 2 aromatic heterocycles. The number of aliphatic carboxylic acids is 1. The Morgan fingerprint density at radius 2 is 2.21 bits per heavy atom. The molecule has 0 radical (unpaired) electrons. The van der Waals surface area contributed by atoms with Crippen LogP contribution in [0, 0.1) is 19.7 Å². The van der Waals surface area contributed by atoms with Crippen molar-refractivity contribution >= 4 is 17.6 Å². The third-order valence-corrected chi connectivity index (χ3v) is 2.96. The van der Waals surface area contributed by atoms with Crippen LogP contribution in [0.15, 0.2) is 12.3 Å². The van der Waals surface area contributed by atoms with Crippen molar-refractivity contribution in [2.24, 2.45) is 0 Å². The Morgan fingerprint density at radius 3 is 2.79 bits per heavy atom. The van der Waals surface area contributed by atoms with Crippen LogP contribution in [0.4, 0.5) is 4.39 Å². The lowest BCUT2D eigenvalue weighted by Gasteiger charge is -2.05. The summed E-state index contributed by atoms with van der Waals surface area (Å²) in [6.07, 6.45) is 1.15. The molecular formula is C12H11ClFN3O2. The summed E-state index contributed by atoms with van der Waals surface area (Å²) in [6, 6.07) is 1.14. The van der Waals surface area contributed by atoms with Crippen LogP contribution in [0.5, 0.6) is 0 Å². The largest absolute Gasteiger partial charge is 0.481 e. The predicted octanol–water partition coefficient (Wildman–Crippen LogP) is 2.30. The highest BCUT2D eigenvalue weighted by Crippen LogP contribution is 2.20. The van der Waals surface area contributed by atoms with E-state index in [1.54, 1.807) is 13.8 Å². The number of rotatable bonds is 3. The van der Waals surface area contributed by atoms with Crippen molar-refractivity contribution in [2.45, 2.75) is 20.3 Å². The minimum absolute atomic E-state index is 0.00152. The second-order valence-electron chi connectivity index (χ2n) is 4.09. The number of aromatic nitrogens is 3. The molecule has 0 saturated heterocycles. The number of hydrogen-bond donors (Lipinski definition) is 1. The lowest BCUT2D eigenvalue weighted by atomic mass is 10.1. The van der Waals surface area contributed by atoms with Gasteiger partial charge in [-0.2, -0.15) is 5.10 Å². The number of carboxylic acid groups (broad SMARTS) is 1. The van der Waals surface area contributed by atoms with Crippen LogP contribution in [0.1, 0.15) is 17.0 Å². The summed E-state index contributed by atoms with van der Waals surface area (Å²) in [4.78, 5) is 14.7. The van der Waals surface area contributed by atoms with E-state index in [9.17, 15) is 9.18 Å². The van der Waals surface area contributed by atoms with Gasteiger partial charge in [-0.15, -0.1) is 0 Å². The van der Waals surface area contributed by atoms with E-state index in [1.165, 1.54) is 10.9 Å². The van der Waals surface area contributed by atoms with Gasteiger partial charge >= 0.3 is 5.97 Å². The SMILES string of the molecule is Cc1nn(-c2ncc(Cl)cc2F)c(C)c1CC(=O)O. The maximum absolute atomic E-state index is 13.8. The average Bonchev–Trinajstić information content (AvgIpc) is 2.57. The zero-order chi connectivity index (χ0) is 14.2. The zero-order valence-corrected chi connectivity index (χ0v) is 11.1. The first-order chi connectivity index (χ1) is 8.90. The van der Waals surface area contributed by atoms with E-state index in [0.29, 0.717) is 17.0 Å². The summed E-state index contributed by atoms with van der Waals surface area (Å²) in [5, 5.41) is 13.2. The van der Waals surface area contributed by atoms with Crippen molar-refractivity contribution in [3.63, 3.8) is 0 Å². The second-order valence-corrected chi connectivity index (χ2v) is 4.53. The molecular weight excluding hydrogens is 273 g/mol. The Hall–Kier alpha value is -1.95. The van der Waals surface area contributed by atoms with Crippen LogP contribution in [0.3, 0.4) is 0 Å². The summed E-state index contributed by atoms with van der Waals surface area (Å²) >= 11 is 5.64. The quantitative estimate of drug-likeness (QED) is 0.938. The highest BCUT2D eigenvalue weighted by molar-refractivity contribution is 6.30. The fraction of sp³-hybridized carbons (Fsp3) is 0.250. The Labute approximate surface area is 113 Å². The molecule has 0 amide bonds. The van der Waals surface area contributed by atoms with Gasteiger partial charge in [-0.25, -0.2) is 14.1 Å². The van der Waals surface area contributed by atoms with Gasteiger partial charge in [-0.05, 0) is 19.9 Å². The molecule has 0 atom stereocenters. The molecule has 2 heterocycles. The number of carbonyl (C=O) groups is 1. The molecule has 0 bridgehead atoms. The fourth-order valence-corrected chi connectivity index (χ4v) is 2.00. The third-order valence-electron chi connectivity index (χ3n) is 2.76. The molecule has 2 aromatic rings. The third kappa shape index (κ3) is 2.58. The number of hydrogen-bond acceptors (Lipinski definition) is 3. The predicted molar refractivity (Wildman–Crippen MR) is 67.1 cm³/mol. The zero-order valence-electron chi connectivity index (χ0n) is 10.3. The Morgan fingerprint density at radius 1 is 1.53 bits per heavy atom. The summed E-state index contributed by atoms with van der Waals surface area (Å²) in [5.41, 5.74) is 1.65. The van der Waals surface area contributed by atoms with Gasteiger partial charge in [0.1, 0.15) is 0 Å². The molecule has 0 spiro atoms. The minimum atomic E-state index is -0.963. The van der Waals surface area contributed by atoms with Crippen molar-refractivity contribution in [3.8, 4) is 5.82 Å². The molecule has 0 aliphatic rings. The maximum atomic E-state index is 13.8. The van der Waals surface area contributed by atoms with Crippen LogP contribution in [0.2, 0.25) is 5.02 Å². The summed E-state index contributed by atoms with van der Waals surface area (Å²) in [5.74, 6) is -1.57. The molecule has 100 valence electrons. The first kappa shape index (κ1) is 13.5. The smallest absolute Gasteiger partial charge is 0.307 e. The number of nitrogens with zero attached hydrogens (tertiary/aromatic N) is 3. The van der Waals surface area contributed by atoms with Gasteiger partial charge in [0, 0.05) is 17.5 Å². The summed E-state index contributed by atoms with van der Waals surface area (Å²) < 4.78 is 15.1. The van der Waals surface area contributed by atoms with E-state index in [0.717, 1.165) is 6.07 Å². The molecule has 0 aromatic carbocycles. The summed E-state index contributed by atoms with van der Waals surface area (Å²) in [6.45, 7) is 3.35. The molecule has 0 unspecified atom stereocenters. The fourth-order valence-electron chi connectivity index (χ4n) is 1.85. The normalized spacial score (nSPS) is 10.7. The number of pyridine rings is 1. The first-order valence-corrected chi connectivity index (χ1v) is 5.86. The molecule has 7 heteroatoms. The molecule has 0 aliphatic heterocycles. The first-order valence-electron chi connectivity index (χ1n) is 5.48.